The molecule has 0 aliphatic heterocycles. The number of hydrogen-bond donors (Lipinski definition) is 0. The molecule has 0 radical (unpaired) electrons. The molecule has 0 aromatic carbocycles. The molecule has 2 rings (SSSR count). The predicted octanol–water partition coefficient (Wildman–Crippen LogP) is 4.35. The second-order valence-electron chi connectivity index (χ2n) is 5.84. The molecule has 2 aliphatic carbocycles. The lowest BCUT2D eigenvalue weighted by molar-refractivity contribution is -0.121. The highest BCUT2D eigenvalue weighted by Crippen LogP contribution is 2.47. The van der Waals surface area contributed by atoms with Gasteiger partial charge in [0.25, 0.3) is 0 Å². The van der Waals surface area contributed by atoms with Crippen LogP contribution in [-0.2, 0) is 4.79 Å². The molecule has 0 N–H and O–H groups in total. The second kappa shape index (κ2) is 5.84. The van der Waals surface area contributed by atoms with Crippen molar-refractivity contribution in [1.29, 1.82) is 0 Å². The Labute approximate surface area is 100.0 Å². The van der Waals surface area contributed by atoms with Crippen LogP contribution in [0.25, 0.3) is 0 Å². The lowest BCUT2D eigenvalue weighted by Gasteiger charge is -2.19. The van der Waals surface area contributed by atoms with Crippen molar-refractivity contribution in [2.24, 2.45) is 17.8 Å². The van der Waals surface area contributed by atoms with Gasteiger partial charge in [-0.3, -0.25) is 4.79 Å². The first kappa shape index (κ1) is 12.1. The zero-order chi connectivity index (χ0) is 11.4. The number of fused-ring (bicyclic) bond motifs is 2. The van der Waals surface area contributed by atoms with Crippen molar-refractivity contribution < 1.29 is 4.79 Å². The molecule has 0 aromatic heterocycles. The van der Waals surface area contributed by atoms with E-state index in [1.807, 2.05) is 0 Å². The van der Waals surface area contributed by atoms with E-state index in [0.29, 0.717) is 17.6 Å². The van der Waals surface area contributed by atoms with Crippen molar-refractivity contribution in [3.05, 3.63) is 0 Å². The van der Waals surface area contributed by atoms with Crippen LogP contribution in [0.2, 0.25) is 0 Å². The second-order valence-corrected chi connectivity index (χ2v) is 5.84. The van der Waals surface area contributed by atoms with Crippen molar-refractivity contribution in [3.8, 4) is 0 Å². The molecule has 2 fully saturated rings. The average molecular weight is 222 g/mol. The van der Waals surface area contributed by atoms with E-state index in [-0.39, 0.29) is 0 Å². The molecule has 0 aromatic rings. The largest absolute Gasteiger partial charge is 0.299 e. The molecule has 1 heteroatoms. The Morgan fingerprint density at radius 2 is 1.81 bits per heavy atom. The van der Waals surface area contributed by atoms with Crippen molar-refractivity contribution in [3.63, 3.8) is 0 Å². The zero-order valence-electron chi connectivity index (χ0n) is 10.7. The van der Waals surface area contributed by atoms with Crippen LogP contribution < -0.4 is 0 Å². The fourth-order valence-corrected chi connectivity index (χ4v) is 3.71. The first-order chi connectivity index (χ1) is 7.83. The van der Waals surface area contributed by atoms with Crippen molar-refractivity contribution >= 4 is 5.78 Å². The van der Waals surface area contributed by atoms with Gasteiger partial charge in [-0.15, -0.1) is 0 Å². The third-order valence-corrected chi connectivity index (χ3v) is 4.68. The van der Waals surface area contributed by atoms with Gasteiger partial charge in [-0.25, -0.2) is 0 Å². The zero-order valence-corrected chi connectivity index (χ0v) is 10.7. The summed E-state index contributed by atoms with van der Waals surface area (Å²) < 4.78 is 0. The fraction of sp³-hybridized carbons (Fsp3) is 0.933. The highest BCUT2D eigenvalue weighted by Gasteiger charge is 2.46. The molecular formula is C15H26O. The van der Waals surface area contributed by atoms with Gasteiger partial charge in [-0.1, -0.05) is 45.4 Å². The van der Waals surface area contributed by atoms with Crippen LogP contribution in [0.15, 0.2) is 0 Å². The first-order valence-electron chi connectivity index (χ1n) is 7.36. The van der Waals surface area contributed by atoms with Gasteiger partial charge in [0.05, 0.1) is 0 Å². The summed E-state index contributed by atoms with van der Waals surface area (Å²) in [7, 11) is 0. The Kier molecular flexibility index (Phi) is 4.43. The first-order valence-corrected chi connectivity index (χ1v) is 7.36. The molecule has 1 nitrogen and oxygen atoms in total. The van der Waals surface area contributed by atoms with Gasteiger partial charge in [0.1, 0.15) is 5.78 Å². The van der Waals surface area contributed by atoms with Gasteiger partial charge >= 0.3 is 0 Å². The topological polar surface area (TPSA) is 17.1 Å². The number of ketones is 1. The van der Waals surface area contributed by atoms with E-state index < -0.39 is 0 Å². The summed E-state index contributed by atoms with van der Waals surface area (Å²) in [6, 6.07) is 0. The smallest absolute Gasteiger partial charge is 0.139 e. The Morgan fingerprint density at radius 1 is 1.06 bits per heavy atom. The number of unbranched alkanes of at least 4 members (excludes halogenated alkanes) is 5. The average Bonchev–Trinajstić information content (AvgIpc) is 2.79. The molecule has 0 amide bonds. The molecule has 3 atom stereocenters. The van der Waals surface area contributed by atoms with E-state index in [0.717, 1.165) is 5.92 Å². The van der Waals surface area contributed by atoms with Crippen LogP contribution in [0.4, 0.5) is 0 Å². The maximum absolute atomic E-state index is 11.8. The molecule has 3 unspecified atom stereocenters. The Balaban J connectivity index is 1.56. The van der Waals surface area contributed by atoms with Gasteiger partial charge < -0.3 is 0 Å². The van der Waals surface area contributed by atoms with E-state index in [2.05, 4.69) is 6.92 Å². The molecule has 0 spiro atoms. The number of hydrogen-bond acceptors (Lipinski definition) is 1. The minimum Gasteiger partial charge on any atom is -0.299 e. The molecule has 0 heterocycles. The lowest BCUT2D eigenvalue weighted by Crippen LogP contribution is -2.12. The normalized spacial score (nSPS) is 32.6. The SMILES string of the molecule is CCCCCCCCC1CC2CCC1C2=O. The minimum absolute atomic E-state index is 0.482. The van der Waals surface area contributed by atoms with Crippen LogP contribution in [0.3, 0.4) is 0 Å². The molecule has 92 valence electrons. The van der Waals surface area contributed by atoms with E-state index in [1.165, 1.54) is 64.2 Å². The number of rotatable bonds is 7. The number of carbonyl (C=O) groups excluding carboxylic acids is 1. The molecule has 2 bridgehead atoms. The van der Waals surface area contributed by atoms with Crippen molar-refractivity contribution in [1.82, 2.24) is 0 Å². The van der Waals surface area contributed by atoms with Gasteiger partial charge in [0.15, 0.2) is 0 Å². The Hall–Kier alpha value is -0.330. The number of Topliss-reactive ketones (excluding diaryl/α,β-unsaturated/α-hetero) is 1. The van der Waals surface area contributed by atoms with E-state index in [9.17, 15) is 4.79 Å². The number of carbonyl (C=O) groups is 1. The summed E-state index contributed by atoms with van der Waals surface area (Å²) >= 11 is 0. The molecule has 16 heavy (non-hydrogen) atoms. The molecule has 2 aliphatic rings. The standard InChI is InChI=1S/C15H26O/c1-2-3-4-5-6-7-8-12-11-13-9-10-14(12)15(13)16/h12-14H,2-11H2,1H3. The van der Waals surface area contributed by atoms with Gasteiger partial charge in [-0.05, 0) is 31.6 Å². The maximum Gasteiger partial charge on any atom is 0.139 e. The quantitative estimate of drug-likeness (QED) is 0.585. The Morgan fingerprint density at radius 3 is 2.44 bits per heavy atom. The third-order valence-electron chi connectivity index (χ3n) is 4.68. The van der Waals surface area contributed by atoms with E-state index in [4.69, 9.17) is 0 Å². The molecular weight excluding hydrogens is 196 g/mol. The summed E-state index contributed by atoms with van der Waals surface area (Å²) in [6.07, 6.45) is 13.3. The van der Waals surface area contributed by atoms with Gasteiger partial charge in [0, 0.05) is 11.8 Å². The highest BCUT2D eigenvalue weighted by molar-refractivity contribution is 5.87. The van der Waals surface area contributed by atoms with Crippen LogP contribution in [0.1, 0.15) is 71.1 Å². The van der Waals surface area contributed by atoms with Crippen molar-refractivity contribution in [2.75, 3.05) is 0 Å². The van der Waals surface area contributed by atoms with Gasteiger partial charge in [0.2, 0.25) is 0 Å². The van der Waals surface area contributed by atoms with Crippen molar-refractivity contribution in [2.45, 2.75) is 71.1 Å². The summed E-state index contributed by atoms with van der Waals surface area (Å²) in [4.78, 5) is 11.8. The fourth-order valence-electron chi connectivity index (χ4n) is 3.71. The highest BCUT2D eigenvalue weighted by atomic mass is 16.1. The van der Waals surface area contributed by atoms with Crippen LogP contribution in [0, 0.1) is 17.8 Å². The van der Waals surface area contributed by atoms with Gasteiger partial charge in [-0.2, -0.15) is 0 Å². The molecule has 0 saturated heterocycles. The maximum atomic E-state index is 11.8. The third kappa shape index (κ3) is 2.67. The van der Waals surface area contributed by atoms with Crippen LogP contribution >= 0.6 is 0 Å². The monoisotopic (exact) mass is 222 g/mol. The predicted molar refractivity (Wildman–Crippen MR) is 67.3 cm³/mol. The van der Waals surface area contributed by atoms with Crippen LogP contribution in [-0.4, -0.2) is 5.78 Å². The summed E-state index contributed by atoms with van der Waals surface area (Å²) in [5.74, 6) is 2.36. The summed E-state index contributed by atoms with van der Waals surface area (Å²) in [6.45, 7) is 2.26. The van der Waals surface area contributed by atoms with E-state index >= 15 is 0 Å². The minimum atomic E-state index is 0.482. The van der Waals surface area contributed by atoms with Crippen LogP contribution in [0.5, 0.6) is 0 Å². The lowest BCUT2D eigenvalue weighted by atomic mass is 9.85. The Bertz CT molecular complexity index is 234. The van der Waals surface area contributed by atoms with E-state index in [1.54, 1.807) is 0 Å². The summed E-state index contributed by atoms with van der Waals surface area (Å²) in [5, 5.41) is 0. The molecule has 2 saturated carbocycles. The summed E-state index contributed by atoms with van der Waals surface area (Å²) in [5.41, 5.74) is 0.